The molecule has 0 bridgehead atoms. The third-order valence-corrected chi connectivity index (χ3v) is 2.97. The van der Waals surface area contributed by atoms with E-state index < -0.39 is 10.1 Å². The smallest absolute Gasteiger partial charge is 0.306 e. The average Bonchev–Trinajstić information content (AvgIpc) is 2.17. The Kier molecular flexibility index (Phi) is 2.71. The van der Waals surface area contributed by atoms with Gasteiger partial charge in [-0.1, -0.05) is 6.07 Å². The molecule has 0 radical (unpaired) electrons. The molecular weight excluding hydrogens is 228 g/mol. The van der Waals surface area contributed by atoms with Crippen molar-refractivity contribution in [2.75, 3.05) is 6.26 Å². The Morgan fingerprint density at radius 1 is 1.25 bits per heavy atom. The lowest BCUT2D eigenvalue weighted by molar-refractivity contribution is 0.0972. The number of aryl methyl sites for hydroxylation is 1. The van der Waals surface area contributed by atoms with Crippen LogP contribution in [0.3, 0.4) is 0 Å². The number of fused-ring (bicyclic) bond motifs is 1. The van der Waals surface area contributed by atoms with Crippen molar-refractivity contribution in [1.29, 1.82) is 0 Å². The van der Waals surface area contributed by atoms with Crippen LogP contribution in [0.5, 0.6) is 5.75 Å². The van der Waals surface area contributed by atoms with E-state index in [-0.39, 0.29) is 11.5 Å². The number of carbonyl (C=O) groups excluding carboxylic acids is 1. The highest BCUT2D eigenvalue weighted by Gasteiger charge is 2.18. The van der Waals surface area contributed by atoms with E-state index in [1.807, 2.05) is 0 Å². The lowest BCUT2D eigenvalue weighted by atomic mass is 9.91. The Morgan fingerprint density at radius 3 is 2.69 bits per heavy atom. The van der Waals surface area contributed by atoms with Gasteiger partial charge in [0, 0.05) is 12.0 Å². The highest BCUT2D eigenvalue weighted by Crippen LogP contribution is 2.25. The van der Waals surface area contributed by atoms with Gasteiger partial charge >= 0.3 is 10.1 Å². The van der Waals surface area contributed by atoms with Crippen LogP contribution < -0.4 is 4.18 Å². The van der Waals surface area contributed by atoms with Crippen LogP contribution in [0.2, 0.25) is 0 Å². The number of rotatable bonds is 2. The van der Waals surface area contributed by atoms with Crippen molar-refractivity contribution < 1.29 is 17.4 Å². The summed E-state index contributed by atoms with van der Waals surface area (Å²) < 4.78 is 26.6. The fourth-order valence-corrected chi connectivity index (χ4v) is 2.29. The molecule has 0 N–H and O–H groups in total. The zero-order chi connectivity index (χ0) is 11.8. The van der Waals surface area contributed by atoms with Crippen LogP contribution in [0.4, 0.5) is 0 Å². The SMILES string of the molecule is CS(=O)(=O)Oc1ccc2c(c1)C(=O)CCC2. The molecule has 0 unspecified atom stereocenters. The van der Waals surface area contributed by atoms with Gasteiger partial charge in [-0.05, 0) is 30.5 Å². The molecule has 0 aromatic heterocycles. The summed E-state index contributed by atoms with van der Waals surface area (Å²) in [5.41, 5.74) is 1.56. The van der Waals surface area contributed by atoms with E-state index in [1.54, 1.807) is 12.1 Å². The van der Waals surface area contributed by atoms with E-state index in [2.05, 4.69) is 0 Å². The molecule has 4 nitrogen and oxygen atoms in total. The molecule has 1 aromatic carbocycles. The van der Waals surface area contributed by atoms with Gasteiger partial charge < -0.3 is 4.18 Å². The number of benzene rings is 1. The van der Waals surface area contributed by atoms with Gasteiger partial charge in [0.15, 0.2) is 5.78 Å². The molecule has 16 heavy (non-hydrogen) atoms. The first-order valence-electron chi connectivity index (χ1n) is 5.01. The van der Waals surface area contributed by atoms with E-state index in [0.717, 1.165) is 24.7 Å². The summed E-state index contributed by atoms with van der Waals surface area (Å²) in [7, 11) is -3.53. The Hall–Kier alpha value is -1.36. The first kappa shape index (κ1) is 11.1. The van der Waals surface area contributed by atoms with E-state index in [9.17, 15) is 13.2 Å². The first-order valence-corrected chi connectivity index (χ1v) is 6.83. The average molecular weight is 240 g/mol. The summed E-state index contributed by atoms with van der Waals surface area (Å²) in [4.78, 5) is 11.6. The molecule has 0 spiro atoms. The Labute approximate surface area is 94.4 Å². The quantitative estimate of drug-likeness (QED) is 0.736. The minimum absolute atomic E-state index is 0.0557. The van der Waals surface area contributed by atoms with Crippen LogP contribution in [0.25, 0.3) is 0 Å². The van der Waals surface area contributed by atoms with Gasteiger partial charge in [-0.25, -0.2) is 0 Å². The van der Waals surface area contributed by atoms with Crippen LogP contribution in [0.15, 0.2) is 18.2 Å². The summed E-state index contributed by atoms with van der Waals surface area (Å²) in [6.07, 6.45) is 3.22. The van der Waals surface area contributed by atoms with Gasteiger partial charge in [-0.2, -0.15) is 8.42 Å². The zero-order valence-corrected chi connectivity index (χ0v) is 9.71. The predicted molar refractivity (Wildman–Crippen MR) is 59.2 cm³/mol. The molecule has 0 aliphatic heterocycles. The van der Waals surface area contributed by atoms with E-state index in [1.165, 1.54) is 6.07 Å². The number of hydrogen-bond acceptors (Lipinski definition) is 4. The molecule has 0 atom stereocenters. The normalized spacial score (nSPS) is 15.7. The van der Waals surface area contributed by atoms with Crippen LogP contribution in [-0.4, -0.2) is 20.5 Å². The number of Topliss-reactive ketones (excluding diaryl/α,β-unsaturated/α-hetero) is 1. The maximum absolute atomic E-state index is 11.6. The summed E-state index contributed by atoms with van der Waals surface area (Å²) in [6.45, 7) is 0. The predicted octanol–water partition coefficient (Wildman–Crippen LogP) is 1.54. The Balaban J connectivity index is 2.38. The molecule has 0 amide bonds. The lowest BCUT2D eigenvalue weighted by Crippen LogP contribution is -2.12. The van der Waals surface area contributed by atoms with Crippen molar-refractivity contribution in [1.82, 2.24) is 0 Å². The zero-order valence-electron chi connectivity index (χ0n) is 8.89. The summed E-state index contributed by atoms with van der Waals surface area (Å²) >= 11 is 0. The molecule has 0 fully saturated rings. The van der Waals surface area contributed by atoms with Gasteiger partial charge in [0.25, 0.3) is 0 Å². The molecule has 0 heterocycles. The third-order valence-electron chi connectivity index (χ3n) is 2.48. The first-order chi connectivity index (χ1) is 7.46. The molecule has 0 saturated carbocycles. The van der Waals surface area contributed by atoms with Crippen molar-refractivity contribution in [3.8, 4) is 5.75 Å². The highest BCUT2D eigenvalue weighted by molar-refractivity contribution is 7.86. The van der Waals surface area contributed by atoms with Crippen molar-refractivity contribution in [3.63, 3.8) is 0 Å². The second kappa shape index (κ2) is 3.90. The van der Waals surface area contributed by atoms with Gasteiger partial charge in [0.05, 0.1) is 6.26 Å². The largest absolute Gasteiger partial charge is 0.383 e. The second-order valence-corrected chi connectivity index (χ2v) is 5.46. The lowest BCUT2D eigenvalue weighted by Gasteiger charge is -2.15. The Bertz CT molecular complexity index is 531. The number of ketones is 1. The standard InChI is InChI=1S/C11H12O4S/c1-16(13,14)15-9-6-5-8-3-2-4-11(12)10(8)7-9/h5-7H,2-4H2,1H3. The monoisotopic (exact) mass is 240 g/mol. The van der Waals surface area contributed by atoms with Gasteiger partial charge in [0.1, 0.15) is 5.75 Å². The highest BCUT2D eigenvalue weighted by atomic mass is 32.2. The fourth-order valence-electron chi connectivity index (χ4n) is 1.83. The minimum Gasteiger partial charge on any atom is -0.383 e. The molecule has 1 aliphatic carbocycles. The van der Waals surface area contributed by atoms with Crippen LogP contribution in [-0.2, 0) is 16.5 Å². The van der Waals surface area contributed by atoms with E-state index in [4.69, 9.17) is 4.18 Å². The van der Waals surface area contributed by atoms with Crippen molar-refractivity contribution in [2.24, 2.45) is 0 Å². The van der Waals surface area contributed by atoms with Crippen LogP contribution in [0, 0.1) is 0 Å². The molecule has 1 aliphatic rings. The fraction of sp³-hybridized carbons (Fsp3) is 0.364. The van der Waals surface area contributed by atoms with Crippen molar-refractivity contribution in [2.45, 2.75) is 19.3 Å². The summed E-state index contributed by atoms with van der Waals surface area (Å²) in [6, 6.07) is 4.85. The summed E-state index contributed by atoms with van der Waals surface area (Å²) in [5, 5.41) is 0. The molecule has 0 saturated heterocycles. The van der Waals surface area contributed by atoms with Gasteiger partial charge in [0.2, 0.25) is 0 Å². The summed E-state index contributed by atoms with van der Waals surface area (Å²) in [5.74, 6) is 0.261. The maximum atomic E-state index is 11.6. The minimum atomic E-state index is -3.53. The third kappa shape index (κ3) is 2.41. The Morgan fingerprint density at radius 2 is 2.00 bits per heavy atom. The molecule has 86 valence electrons. The van der Waals surface area contributed by atoms with Gasteiger partial charge in [-0.3, -0.25) is 4.79 Å². The molecule has 1 aromatic rings. The van der Waals surface area contributed by atoms with Crippen molar-refractivity contribution in [3.05, 3.63) is 29.3 Å². The maximum Gasteiger partial charge on any atom is 0.306 e. The number of carbonyl (C=O) groups is 1. The molecular formula is C11H12O4S. The van der Waals surface area contributed by atoms with E-state index >= 15 is 0 Å². The number of hydrogen-bond donors (Lipinski definition) is 0. The molecule has 2 rings (SSSR count). The van der Waals surface area contributed by atoms with Crippen molar-refractivity contribution >= 4 is 15.9 Å². The van der Waals surface area contributed by atoms with Crippen LogP contribution in [0.1, 0.15) is 28.8 Å². The molecule has 5 heteroatoms. The second-order valence-electron chi connectivity index (χ2n) is 3.88. The van der Waals surface area contributed by atoms with Crippen LogP contribution >= 0.6 is 0 Å². The van der Waals surface area contributed by atoms with E-state index in [0.29, 0.717) is 12.0 Å². The van der Waals surface area contributed by atoms with Gasteiger partial charge in [-0.15, -0.1) is 0 Å². The topological polar surface area (TPSA) is 60.4 Å².